The molecule has 0 aliphatic heterocycles. The minimum absolute atomic E-state index is 0.0227. The third kappa shape index (κ3) is 3.35. The van der Waals surface area contributed by atoms with E-state index < -0.39 is 10.8 Å². The first-order valence-corrected chi connectivity index (χ1v) is 6.60. The zero-order valence-electron chi connectivity index (χ0n) is 11.2. The summed E-state index contributed by atoms with van der Waals surface area (Å²) in [6, 6.07) is 8.45. The summed E-state index contributed by atoms with van der Waals surface area (Å²) in [5, 5.41) is 13.6. The largest absolute Gasteiger partial charge is 0.322 e. The molecule has 0 aliphatic carbocycles. The molecule has 0 atom stereocenters. The number of nitrogens with one attached hydrogen (secondary N) is 1. The minimum atomic E-state index is -0.663. The number of pyridine rings is 1. The second-order valence-corrected chi connectivity index (χ2v) is 4.63. The van der Waals surface area contributed by atoms with E-state index in [9.17, 15) is 14.9 Å². The zero-order chi connectivity index (χ0) is 15.4. The van der Waals surface area contributed by atoms with Gasteiger partial charge in [0.1, 0.15) is 16.9 Å². The molecule has 0 saturated heterocycles. The summed E-state index contributed by atoms with van der Waals surface area (Å²) in [7, 11) is 0. The molecule has 1 aromatic carbocycles. The lowest BCUT2D eigenvalue weighted by atomic mass is 10.1. The highest BCUT2D eigenvalue weighted by atomic mass is 35.5. The van der Waals surface area contributed by atoms with Gasteiger partial charge in [0.05, 0.1) is 4.92 Å². The van der Waals surface area contributed by atoms with Gasteiger partial charge >= 0.3 is 0 Å². The molecule has 1 amide bonds. The van der Waals surface area contributed by atoms with E-state index in [1.807, 2.05) is 19.1 Å². The quantitative estimate of drug-likeness (QED) is 0.532. The van der Waals surface area contributed by atoms with Crippen LogP contribution in [0.4, 0.5) is 11.4 Å². The number of rotatable bonds is 4. The molecule has 6 nitrogen and oxygen atoms in total. The summed E-state index contributed by atoms with van der Waals surface area (Å²) in [5.41, 5.74) is 1.05. The Morgan fingerprint density at radius 2 is 2.14 bits per heavy atom. The van der Waals surface area contributed by atoms with Crippen LogP contribution in [0.15, 0.2) is 36.5 Å². The molecule has 0 radical (unpaired) electrons. The molecule has 2 aromatic rings. The van der Waals surface area contributed by atoms with Crippen molar-refractivity contribution in [3.63, 3.8) is 0 Å². The minimum Gasteiger partial charge on any atom is -0.322 e. The average molecular weight is 306 g/mol. The number of para-hydroxylation sites is 1. The molecule has 0 unspecified atom stereocenters. The van der Waals surface area contributed by atoms with Crippen LogP contribution in [0.25, 0.3) is 0 Å². The van der Waals surface area contributed by atoms with Gasteiger partial charge in [0.25, 0.3) is 11.6 Å². The molecular formula is C14H12ClN3O3. The van der Waals surface area contributed by atoms with Gasteiger partial charge in [-0.05, 0) is 24.1 Å². The maximum Gasteiger partial charge on any atom is 0.300 e. The molecule has 0 bridgehead atoms. The van der Waals surface area contributed by atoms with Crippen LogP contribution in [-0.2, 0) is 6.42 Å². The molecule has 0 spiro atoms. The molecular weight excluding hydrogens is 294 g/mol. The molecule has 7 heteroatoms. The van der Waals surface area contributed by atoms with Crippen molar-refractivity contribution in [3.05, 3.63) is 62.9 Å². The predicted octanol–water partition coefficient (Wildman–Crippen LogP) is 3.46. The van der Waals surface area contributed by atoms with Gasteiger partial charge < -0.3 is 5.32 Å². The molecule has 1 heterocycles. The fourth-order valence-electron chi connectivity index (χ4n) is 1.89. The first-order chi connectivity index (χ1) is 10.0. The monoisotopic (exact) mass is 305 g/mol. The summed E-state index contributed by atoms with van der Waals surface area (Å²) in [6.45, 7) is 1.96. The highest BCUT2D eigenvalue weighted by molar-refractivity contribution is 6.30. The van der Waals surface area contributed by atoms with Crippen molar-refractivity contribution < 1.29 is 9.72 Å². The fraction of sp³-hybridized carbons (Fsp3) is 0.143. The Morgan fingerprint density at radius 1 is 1.43 bits per heavy atom. The first-order valence-electron chi connectivity index (χ1n) is 6.22. The van der Waals surface area contributed by atoms with Crippen LogP contribution in [0.2, 0.25) is 5.15 Å². The van der Waals surface area contributed by atoms with Gasteiger partial charge in [0, 0.05) is 5.69 Å². The zero-order valence-corrected chi connectivity index (χ0v) is 11.9. The number of carbonyl (C=O) groups is 1. The Balaban J connectivity index is 2.37. The smallest absolute Gasteiger partial charge is 0.300 e. The number of nitrogens with zero attached hydrogens (tertiary/aromatic N) is 2. The maximum atomic E-state index is 12.3. The number of hydrogen-bond acceptors (Lipinski definition) is 4. The number of anilines is 1. The van der Waals surface area contributed by atoms with Crippen LogP contribution in [0.1, 0.15) is 22.8 Å². The van der Waals surface area contributed by atoms with E-state index in [0.29, 0.717) is 5.69 Å². The van der Waals surface area contributed by atoms with Crippen molar-refractivity contribution in [2.24, 2.45) is 0 Å². The second kappa shape index (κ2) is 6.32. The molecule has 0 saturated carbocycles. The Hall–Kier alpha value is -2.47. The lowest BCUT2D eigenvalue weighted by Gasteiger charge is -2.09. The summed E-state index contributed by atoms with van der Waals surface area (Å²) < 4.78 is 0. The summed E-state index contributed by atoms with van der Waals surface area (Å²) in [5.74, 6) is -0.591. The molecule has 108 valence electrons. The first kappa shape index (κ1) is 14.9. The maximum absolute atomic E-state index is 12.3. The van der Waals surface area contributed by atoms with Crippen LogP contribution in [0.5, 0.6) is 0 Å². The van der Waals surface area contributed by atoms with Gasteiger partial charge in [-0.2, -0.15) is 0 Å². The molecule has 0 fully saturated rings. The summed E-state index contributed by atoms with van der Waals surface area (Å²) >= 11 is 5.71. The van der Waals surface area contributed by atoms with E-state index in [4.69, 9.17) is 11.6 Å². The van der Waals surface area contributed by atoms with Gasteiger partial charge in [-0.1, -0.05) is 36.7 Å². The van der Waals surface area contributed by atoms with E-state index in [-0.39, 0.29) is 16.4 Å². The van der Waals surface area contributed by atoms with Gasteiger partial charge in [-0.25, -0.2) is 4.98 Å². The average Bonchev–Trinajstić information content (AvgIpc) is 2.47. The van der Waals surface area contributed by atoms with Gasteiger partial charge in [-0.15, -0.1) is 0 Å². The lowest BCUT2D eigenvalue weighted by Crippen LogP contribution is -2.15. The van der Waals surface area contributed by atoms with Crippen molar-refractivity contribution in [1.82, 2.24) is 4.98 Å². The van der Waals surface area contributed by atoms with E-state index in [1.54, 1.807) is 12.1 Å². The number of benzene rings is 1. The Labute approximate surface area is 125 Å². The molecule has 1 N–H and O–H groups in total. The number of nitro groups is 1. The predicted molar refractivity (Wildman–Crippen MR) is 79.7 cm³/mol. The Kier molecular flexibility index (Phi) is 4.49. The van der Waals surface area contributed by atoms with Crippen LogP contribution >= 0.6 is 11.6 Å². The molecule has 2 rings (SSSR count). The van der Waals surface area contributed by atoms with E-state index >= 15 is 0 Å². The standard InChI is InChI=1S/C14H12ClN3O3/c1-2-9-5-3-4-6-11(9)17-14(19)10-7-13(15)16-8-12(10)18(20)21/h3-8H,2H2,1H3,(H,17,19). The van der Waals surface area contributed by atoms with Gasteiger partial charge in [0.15, 0.2) is 0 Å². The van der Waals surface area contributed by atoms with Crippen molar-refractivity contribution in [2.75, 3.05) is 5.32 Å². The van der Waals surface area contributed by atoms with E-state index in [1.165, 1.54) is 6.07 Å². The van der Waals surface area contributed by atoms with Crippen molar-refractivity contribution in [2.45, 2.75) is 13.3 Å². The molecule has 21 heavy (non-hydrogen) atoms. The lowest BCUT2D eigenvalue weighted by molar-refractivity contribution is -0.385. The second-order valence-electron chi connectivity index (χ2n) is 4.25. The van der Waals surface area contributed by atoms with Crippen LogP contribution in [0, 0.1) is 10.1 Å². The third-order valence-electron chi connectivity index (χ3n) is 2.94. The highest BCUT2D eigenvalue weighted by Gasteiger charge is 2.21. The molecule has 1 aromatic heterocycles. The number of aryl methyl sites for hydroxylation is 1. The normalized spacial score (nSPS) is 10.2. The van der Waals surface area contributed by atoms with Crippen molar-refractivity contribution in [1.29, 1.82) is 0 Å². The Bertz CT molecular complexity index is 704. The third-order valence-corrected chi connectivity index (χ3v) is 3.14. The van der Waals surface area contributed by atoms with Crippen molar-refractivity contribution in [3.8, 4) is 0 Å². The number of amides is 1. The fourth-order valence-corrected chi connectivity index (χ4v) is 2.05. The van der Waals surface area contributed by atoms with Crippen LogP contribution < -0.4 is 5.32 Å². The topological polar surface area (TPSA) is 85.1 Å². The Morgan fingerprint density at radius 3 is 2.81 bits per heavy atom. The number of hydrogen-bond donors (Lipinski definition) is 1. The SMILES string of the molecule is CCc1ccccc1NC(=O)c1cc(Cl)ncc1[N+](=O)[O-]. The number of halogens is 1. The van der Waals surface area contributed by atoms with Gasteiger partial charge in [-0.3, -0.25) is 14.9 Å². The number of carbonyl (C=O) groups excluding carboxylic acids is 1. The van der Waals surface area contributed by atoms with E-state index in [0.717, 1.165) is 18.2 Å². The van der Waals surface area contributed by atoms with Gasteiger partial charge in [0.2, 0.25) is 0 Å². The van der Waals surface area contributed by atoms with E-state index in [2.05, 4.69) is 10.3 Å². The van der Waals surface area contributed by atoms with Crippen LogP contribution in [0.3, 0.4) is 0 Å². The summed E-state index contributed by atoms with van der Waals surface area (Å²) in [6.07, 6.45) is 1.71. The van der Waals surface area contributed by atoms with Crippen molar-refractivity contribution >= 4 is 28.9 Å². The molecule has 0 aliphatic rings. The van der Waals surface area contributed by atoms with Crippen LogP contribution in [-0.4, -0.2) is 15.8 Å². The summed E-state index contributed by atoms with van der Waals surface area (Å²) in [4.78, 5) is 26.2. The number of aromatic nitrogens is 1. The highest BCUT2D eigenvalue weighted by Crippen LogP contribution is 2.23.